The van der Waals surface area contributed by atoms with Crippen molar-refractivity contribution >= 4 is 11.8 Å². The van der Waals surface area contributed by atoms with Crippen molar-refractivity contribution in [1.29, 1.82) is 0 Å². The fraction of sp³-hybridized carbons (Fsp3) is 0.647. The van der Waals surface area contributed by atoms with Gasteiger partial charge in [0.2, 0.25) is 0 Å². The van der Waals surface area contributed by atoms with E-state index in [1.54, 1.807) is 7.11 Å². The molecule has 1 aliphatic carbocycles. The number of methoxy groups -OCH3 is 1. The van der Waals surface area contributed by atoms with Crippen molar-refractivity contribution in [3.63, 3.8) is 0 Å². The minimum Gasteiger partial charge on any atom is -0.497 e. The third kappa shape index (κ3) is 3.32. The summed E-state index contributed by atoms with van der Waals surface area (Å²) >= 11 is 2.14. The second-order valence-electron chi connectivity index (χ2n) is 6.37. The molecular weight excluding hydrogens is 266 g/mol. The van der Waals surface area contributed by atoms with Crippen LogP contribution in [0.1, 0.15) is 44.2 Å². The van der Waals surface area contributed by atoms with Crippen molar-refractivity contribution in [2.24, 2.45) is 5.92 Å². The molecule has 2 unspecified atom stereocenters. The van der Waals surface area contributed by atoms with E-state index in [2.05, 4.69) is 48.3 Å². The van der Waals surface area contributed by atoms with Crippen LogP contribution in [0.4, 0.5) is 0 Å². The lowest BCUT2D eigenvalue weighted by molar-refractivity contribution is 0.412. The molecule has 1 heterocycles. The highest BCUT2D eigenvalue weighted by atomic mass is 32.2. The van der Waals surface area contributed by atoms with Gasteiger partial charge < -0.3 is 10.1 Å². The van der Waals surface area contributed by atoms with E-state index in [1.165, 1.54) is 37.0 Å². The molecule has 2 aliphatic rings. The molecule has 2 nitrogen and oxygen atoms in total. The molecule has 3 heteroatoms. The minimum absolute atomic E-state index is 0.444. The van der Waals surface area contributed by atoms with Gasteiger partial charge in [-0.15, -0.1) is 0 Å². The van der Waals surface area contributed by atoms with Crippen molar-refractivity contribution in [2.75, 3.05) is 19.4 Å². The Morgan fingerprint density at radius 1 is 1.35 bits per heavy atom. The molecule has 2 atom stereocenters. The first-order chi connectivity index (χ1) is 9.70. The molecule has 0 bridgehead atoms. The second-order valence-corrected chi connectivity index (χ2v) is 8.05. The first-order valence-electron chi connectivity index (χ1n) is 7.71. The highest BCUT2D eigenvalue weighted by Crippen LogP contribution is 2.43. The zero-order valence-corrected chi connectivity index (χ0v) is 13.3. The molecule has 1 N–H and O–H groups in total. The summed E-state index contributed by atoms with van der Waals surface area (Å²) in [7, 11) is 1.73. The van der Waals surface area contributed by atoms with Crippen molar-refractivity contribution in [1.82, 2.24) is 5.32 Å². The van der Waals surface area contributed by atoms with Crippen LogP contribution < -0.4 is 10.1 Å². The Morgan fingerprint density at radius 3 is 2.65 bits per heavy atom. The van der Waals surface area contributed by atoms with Crippen LogP contribution in [-0.4, -0.2) is 24.2 Å². The van der Waals surface area contributed by atoms with E-state index in [1.807, 2.05) is 0 Å². The lowest BCUT2D eigenvalue weighted by Crippen LogP contribution is -2.36. The summed E-state index contributed by atoms with van der Waals surface area (Å²) < 4.78 is 5.70. The third-order valence-corrected chi connectivity index (χ3v) is 6.10. The average Bonchev–Trinajstić information content (AvgIpc) is 3.22. The molecule has 1 aromatic carbocycles. The smallest absolute Gasteiger partial charge is 0.118 e. The van der Waals surface area contributed by atoms with Gasteiger partial charge in [-0.3, -0.25) is 0 Å². The van der Waals surface area contributed by atoms with Crippen molar-refractivity contribution in [3.8, 4) is 5.75 Å². The number of ether oxygens (including phenoxy) is 1. The van der Waals surface area contributed by atoms with Gasteiger partial charge in [0.1, 0.15) is 5.75 Å². The van der Waals surface area contributed by atoms with Gasteiger partial charge in [-0.2, -0.15) is 11.8 Å². The van der Waals surface area contributed by atoms with E-state index in [-0.39, 0.29) is 0 Å². The number of rotatable bonds is 6. The molecule has 1 aromatic rings. The summed E-state index contributed by atoms with van der Waals surface area (Å²) in [6, 6.07) is 9.13. The molecule has 0 spiro atoms. The highest BCUT2D eigenvalue weighted by Gasteiger charge is 2.35. The summed E-state index contributed by atoms with van der Waals surface area (Å²) in [5.41, 5.74) is 1.42. The zero-order valence-electron chi connectivity index (χ0n) is 12.5. The molecular formula is C17H25NOS. The van der Waals surface area contributed by atoms with E-state index < -0.39 is 0 Å². The fourth-order valence-electron chi connectivity index (χ4n) is 3.10. The average molecular weight is 291 g/mol. The summed E-state index contributed by atoms with van der Waals surface area (Å²) in [6.45, 7) is 3.54. The van der Waals surface area contributed by atoms with Gasteiger partial charge in [0.15, 0.2) is 0 Å². The fourth-order valence-corrected chi connectivity index (χ4v) is 4.36. The maximum atomic E-state index is 5.26. The SMILES string of the molecule is COc1ccc(C(NCC2(C)CCCS2)C2CC2)cc1. The number of benzene rings is 1. The van der Waals surface area contributed by atoms with Crippen LogP contribution in [0.5, 0.6) is 5.75 Å². The van der Waals surface area contributed by atoms with E-state index in [4.69, 9.17) is 4.74 Å². The van der Waals surface area contributed by atoms with Crippen LogP contribution in [0.2, 0.25) is 0 Å². The molecule has 110 valence electrons. The van der Waals surface area contributed by atoms with Gasteiger partial charge in [0.25, 0.3) is 0 Å². The van der Waals surface area contributed by atoms with E-state index >= 15 is 0 Å². The quantitative estimate of drug-likeness (QED) is 0.855. The molecule has 0 radical (unpaired) electrons. The molecule has 1 saturated heterocycles. The Bertz CT molecular complexity index is 435. The van der Waals surface area contributed by atoms with Gasteiger partial charge in [0, 0.05) is 17.3 Å². The lowest BCUT2D eigenvalue weighted by Gasteiger charge is -2.27. The van der Waals surface area contributed by atoms with Crippen LogP contribution in [0.15, 0.2) is 24.3 Å². The molecule has 20 heavy (non-hydrogen) atoms. The van der Waals surface area contributed by atoms with Crippen LogP contribution in [0.3, 0.4) is 0 Å². The van der Waals surface area contributed by atoms with Gasteiger partial charge in [0.05, 0.1) is 7.11 Å². The van der Waals surface area contributed by atoms with E-state index in [0.717, 1.165) is 18.2 Å². The van der Waals surface area contributed by atoms with Crippen molar-refractivity contribution < 1.29 is 4.74 Å². The Hall–Kier alpha value is -0.670. The molecule has 1 saturated carbocycles. The number of hydrogen-bond acceptors (Lipinski definition) is 3. The molecule has 1 aliphatic heterocycles. The predicted molar refractivity (Wildman–Crippen MR) is 86.6 cm³/mol. The van der Waals surface area contributed by atoms with Gasteiger partial charge in [-0.05, 0) is 62.0 Å². The maximum Gasteiger partial charge on any atom is 0.118 e. The Kier molecular flexibility index (Phi) is 4.27. The normalized spacial score (nSPS) is 27.5. The summed E-state index contributed by atoms with van der Waals surface area (Å²) in [4.78, 5) is 0. The molecule has 3 rings (SSSR count). The summed E-state index contributed by atoms with van der Waals surface area (Å²) in [6.07, 6.45) is 5.46. The predicted octanol–water partition coefficient (Wildman–Crippen LogP) is 4.02. The van der Waals surface area contributed by atoms with Gasteiger partial charge in [-0.1, -0.05) is 12.1 Å². The van der Waals surface area contributed by atoms with Crippen LogP contribution in [0, 0.1) is 5.92 Å². The second kappa shape index (κ2) is 5.98. The maximum absolute atomic E-state index is 5.26. The molecule has 0 aromatic heterocycles. The number of hydrogen-bond donors (Lipinski definition) is 1. The number of thioether (sulfide) groups is 1. The lowest BCUT2D eigenvalue weighted by atomic mass is 10.00. The number of nitrogens with one attached hydrogen (secondary N) is 1. The Morgan fingerprint density at radius 2 is 2.10 bits per heavy atom. The van der Waals surface area contributed by atoms with Crippen LogP contribution in [-0.2, 0) is 0 Å². The standard InChI is InChI=1S/C17H25NOS/c1-17(10-3-11-20-17)12-18-16(13-4-5-13)14-6-8-15(19-2)9-7-14/h6-9,13,16,18H,3-5,10-12H2,1-2H3. The molecule has 2 fully saturated rings. The van der Waals surface area contributed by atoms with E-state index in [0.29, 0.717) is 10.8 Å². The first kappa shape index (κ1) is 14.3. The van der Waals surface area contributed by atoms with Crippen molar-refractivity contribution in [2.45, 2.75) is 43.4 Å². The van der Waals surface area contributed by atoms with Crippen molar-refractivity contribution in [3.05, 3.63) is 29.8 Å². The van der Waals surface area contributed by atoms with E-state index in [9.17, 15) is 0 Å². The first-order valence-corrected chi connectivity index (χ1v) is 8.70. The summed E-state index contributed by atoms with van der Waals surface area (Å²) in [5, 5.41) is 3.86. The summed E-state index contributed by atoms with van der Waals surface area (Å²) in [5.74, 6) is 3.11. The van der Waals surface area contributed by atoms with Gasteiger partial charge in [-0.25, -0.2) is 0 Å². The van der Waals surface area contributed by atoms with Crippen LogP contribution >= 0.6 is 11.8 Å². The van der Waals surface area contributed by atoms with Gasteiger partial charge >= 0.3 is 0 Å². The van der Waals surface area contributed by atoms with Crippen LogP contribution in [0.25, 0.3) is 0 Å². The monoisotopic (exact) mass is 291 g/mol. The third-order valence-electron chi connectivity index (χ3n) is 4.56. The molecule has 0 amide bonds. The Balaban J connectivity index is 1.65. The minimum atomic E-state index is 0.444. The zero-order chi connectivity index (χ0) is 14.0. The highest BCUT2D eigenvalue weighted by molar-refractivity contribution is 8.00. The Labute approximate surface area is 126 Å². The topological polar surface area (TPSA) is 21.3 Å². The largest absolute Gasteiger partial charge is 0.497 e.